The Kier molecular flexibility index (Phi) is 7.02. The fourth-order valence-electron chi connectivity index (χ4n) is 1.72. The Morgan fingerprint density at radius 2 is 1.80 bits per heavy atom. The lowest BCUT2D eigenvalue weighted by atomic mass is 10.1. The van der Waals surface area contributed by atoms with Crippen LogP contribution in [0.25, 0.3) is 0 Å². The summed E-state index contributed by atoms with van der Waals surface area (Å²) in [6, 6.07) is 7.61. The van der Waals surface area contributed by atoms with Gasteiger partial charge < -0.3 is 10.5 Å². The second kappa shape index (κ2) is 8.27. The lowest BCUT2D eigenvalue weighted by molar-refractivity contribution is 0.340. The van der Waals surface area contributed by atoms with Crippen molar-refractivity contribution in [3.05, 3.63) is 29.8 Å². The maximum absolute atomic E-state index is 11.8. The molecule has 5 heteroatoms. The number of hydrogen-bond acceptors (Lipinski definition) is 4. The highest BCUT2D eigenvalue weighted by atomic mass is 32.2. The largest absolute Gasteiger partial charge is 0.493 e. The summed E-state index contributed by atoms with van der Waals surface area (Å²) in [4.78, 5) is 0. The molecular weight excluding hydrogens is 274 g/mol. The van der Waals surface area contributed by atoms with Crippen LogP contribution in [0, 0.1) is 5.92 Å². The molecule has 2 N–H and O–H groups in total. The molecule has 0 aliphatic carbocycles. The molecule has 0 atom stereocenters. The molecule has 0 aliphatic rings. The predicted molar refractivity (Wildman–Crippen MR) is 82.8 cm³/mol. The normalized spacial score (nSPS) is 11.8. The summed E-state index contributed by atoms with van der Waals surface area (Å²) in [6.45, 7) is 4.87. The number of rotatable bonds is 9. The molecule has 0 spiro atoms. The lowest BCUT2D eigenvalue weighted by Crippen LogP contribution is -2.18. The van der Waals surface area contributed by atoms with E-state index < -0.39 is 9.84 Å². The standard InChI is InChI=1S/C15H25NO3S/c1-13(2)8-11-20(17,18)12-10-19-15-5-3-14(4-6-15)7-9-16/h3-6,13H,7-12,16H2,1-2H3. The van der Waals surface area contributed by atoms with Gasteiger partial charge in [0.2, 0.25) is 0 Å². The Hall–Kier alpha value is -1.07. The predicted octanol–water partition coefficient (Wildman–Crippen LogP) is 2.03. The first-order valence-electron chi connectivity index (χ1n) is 7.05. The molecule has 0 aromatic heterocycles. The van der Waals surface area contributed by atoms with Crippen molar-refractivity contribution in [1.29, 1.82) is 0 Å². The molecule has 114 valence electrons. The average Bonchev–Trinajstić information content (AvgIpc) is 2.39. The molecule has 0 saturated carbocycles. The SMILES string of the molecule is CC(C)CCS(=O)(=O)CCOc1ccc(CCN)cc1. The van der Waals surface area contributed by atoms with E-state index in [9.17, 15) is 8.42 Å². The molecular formula is C15H25NO3S. The summed E-state index contributed by atoms with van der Waals surface area (Å²) in [5.74, 6) is 1.42. The van der Waals surface area contributed by atoms with Crippen molar-refractivity contribution in [2.75, 3.05) is 24.7 Å². The number of nitrogens with two attached hydrogens (primary N) is 1. The van der Waals surface area contributed by atoms with Gasteiger partial charge in [-0.05, 0) is 43.0 Å². The summed E-state index contributed by atoms with van der Waals surface area (Å²) in [5, 5.41) is 0. The van der Waals surface area contributed by atoms with Gasteiger partial charge in [-0.15, -0.1) is 0 Å². The highest BCUT2D eigenvalue weighted by Gasteiger charge is 2.11. The average molecular weight is 299 g/mol. The van der Waals surface area contributed by atoms with E-state index in [0.717, 1.165) is 12.0 Å². The Bertz CT molecular complexity index is 480. The van der Waals surface area contributed by atoms with Crippen molar-refractivity contribution >= 4 is 9.84 Å². The summed E-state index contributed by atoms with van der Waals surface area (Å²) < 4.78 is 29.0. The molecule has 0 heterocycles. The van der Waals surface area contributed by atoms with E-state index in [1.54, 1.807) is 0 Å². The summed E-state index contributed by atoms with van der Waals surface area (Å²) >= 11 is 0. The molecule has 0 amide bonds. The van der Waals surface area contributed by atoms with E-state index >= 15 is 0 Å². The lowest BCUT2D eigenvalue weighted by Gasteiger charge is -2.09. The van der Waals surface area contributed by atoms with Gasteiger partial charge in [-0.1, -0.05) is 26.0 Å². The van der Waals surface area contributed by atoms with Crippen LogP contribution in [0.1, 0.15) is 25.8 Å². The molecule has 0 fully saturated rings. The first-order valence-corrected chi connectivity index (χ1v) is 8.87. The second-order valence-corrected chi connectivity index (χ2v) is 7.67. The molecule has 0 unspecified atom stereocenters. The Morgan fingerprint density at radius 3 is 2.35 bits per heavy atom. The molecule has 0 bridgehead atoms. The number of benzene rings is 1. The first-order chi connectivity index (χ1) is 9.43. The van der Waals surface area contributed by atoms with Gasteiger partial charge in [0.05, 0.1) is 11.5 Å². The molecule has 1 rings (SSSR count). The van der Waals surface area contributed by atoms with Crippen molar-refractivity contribution in [1.82, 2.24) is 0 Å². The minimum atomic E-state index is -3.01. The minimum Gasteiger partial charge on any atom is -0.493 e. The van der Waals surface area contributed by atoms with Crippen LogP contribution in [0.5, 0.6) is 5.75 Å². The van der Waals surface area contributed by atoms with Gasteiger partial charge in [-0.3, -0.25) is 0 Å². The fourth-order valence-corrected chi connectivity index (χ4v) is 3.09. The summed E-state index contributed by atoms with van der Waals surface area (Å²) in [6.07, 6.45) is 1.54. The van der Waals surface area contributed by atoms with E-state index in [0.29, 0.717) is 24.6 Å². The van der Waals surface area contributed by atoms with Crippen LogP contribution in [0.15, 0.2) is 24.3 Å². The molecule has 0 saturated heterocycles. The number of sulfone groups is 1. The maximum atomic E-state index is 11.8. The molecule has 20 heavy (non-hydrogen) atoms. The van der Waals surface area contributed by atoms with Gasteiger partial charge in [0.1, 0.15) is 12.4 Å². The zero-order valence-corrected chi connectivity index (χ0v) is 13.2. The monoisotopic (exact) mass is 299 g/mol. The van der Waals surface area contributed by atoms with Gasteiger partial charge in [-0.25, -0.2) is 8.42 Å². The van der Waals surface area contributed by atoms with Gasteiger partial charge in [0.15, 0.2) is 9.84 Å². The smallest absolute Gasteiger partial charge is 0.153 e. The van der Waals surface area contributed by atoms with E-state index in [1.165, 1.54) is 0 Å². The van der Waals surface area contributed by atoms with Crippen molar-refractivity contribution in [3.8, 4) is 5.75 Å². The minimum absolute atomic E-state index is 0.0737. The zero-order valence-electron chi connectivity index (χ0n) is 12.3. The number of hydrogen-bond donors (Lipinski definition) is 1. The number of ether oxygens (including phenoxy) is 1. The topological polar surface area (TPSA) is 69.4 Å². The van der Waals surface area contributed by atoms with Crippen LogP contribution in [0.4, 0.5) is 0 Å². The molecule has 4 nitrogen and oxygen atoms in total. The van der Waals surface area contributed by atoms with Crippen LogP contribution in [-0.4, -0.2) is 33.1 Å². The van der Waals surface area contributed by atoms with E-state index in [1.807, 2.05) is 38.1 Å². The quantitative estimate of drug-likeness (QED) is 0.757. The van der Waals surface area contributed by atoms with Gasteiger partial charge in [0.25, 0.3) is 0 Å². The van der Waals surface area contributed by atoms with Crippen molar-refractivity contribution in [2.45, 2.75) is 26.7 Å². The van der Waals surface area contributed by atoms with Crippen LogP contribution in [0.3, 0.4) is 0 Å². The Morgan fingerprint density at radius 1 is 1.15 bits per heavy atom. The van der Waals surface area contributed by atoms with E-state index in [2.05, 4.69) is 0 Å². The van der Waals surface area contributed by atoms with E-state index in [4.69, 9.17) is 10.5 Å². The highest BCUT2D eigenvalue weighted by Crippen LogP contribution is 2.12. The molecule has 0 radical (unpaired) electrons. The van der Waals surface area contributed by atoms with Gasteiger partial charge >= 0.3 is 0 Å². The first kappa shape index (κ1) is 17.0. The fraction of sp³-hybridized carbons (Fsp3) is 0.600. The van der Waals surface area contributed by atoms with E-state index in [-0.39, 0.29) is 18.1 Å². The molecule has 1 aromatic rings. The Balaban J connectivity index is 2.36. The third-order valence-corrected chi connectivity index (χ3v) is 4.67. The third kappa shape index (κ3) is 6.91. The summed E-state index contributed by atoms with van der Waals surface area (Å²) in [7, 11) is -3.01. The highest BCUT2D eigenvalue weighted by molar-refractivity contribution is 7.91. The van der Waals surface area contributed by atoms with Crippen LogP contribution in [-0.2, 0) is 16.3 Å². The van der Waals surface area contributed by atoms with Crippen LogP contribution in [0.2, 0.25) is 0 Å². The molecule has 0 aliphatic heterocycles. The van der Waals surface area contributed by atoms with Crippen molar-refractivity contribution in [2.24, 2.45) is 11.7 Å². The maximum Gasteiger partial charge on any atom is 0.153 e. The van der Waals surface area contributed by atoms with Crippen LogP contribution < -0.4 is 10.5 Å². The third-order valence-electron chi connectivity index (χ3n) is 3.03. The Labute approximate surface area is 122 Å². The van der Waals surface area contributed by atoms with Crippen molar-refractivity contribution < 1.29 is 13.2 Å². The van der Waals surface area contributed by atoms with Gasteiger partial charge in [-0.2, -0.15) is 0 Å². The zero-order chi connectivity index (χ0) is 15.0. The van der Waals surface area contributed by atoms with Gasteiger partial charge in [0, 0.05) is 0 Å². The van der Waals surface area contributed by atoms with Crippen molar-refractivity contribution in [3.63, 3.8) is 0 Å². The van der Waals surface area contributed by atoms with Crippen LogP contribution >= 0.6 is 0 Å². The summed E-state index contributed by atoms with van der Waals surface area (Å²) in [5.41, 5.74) is 6.64. The molecule has 1 aromatic carbocycles. The second-order valence-electron chi connectivity index (χ2n) is 5.37.